The summed E-state index contributed by atoms with van der Waals surface area (Å²) in [5.41, 5.74) is 1.64. The molecule has 0 spiro atoms. The molecule has 2 aromatic heterocycles. The van der Waals surface area contributed by atoms with E-state index in [1.165, 1.54) is 0 Å². The van der Waals surface area contributed by atoms with Gasteiger partial charge in [-0.2, -0.15) is 5.10 Å². The zero-order valence-electron chi connectivity index (χ0n) is 16.8. The maximum Gasteiger partial charge on any atom is 0.223 e. The fraction of sp³-hybridized carbons (Fsp3) is 0.455. The van der Waals surface area contributed by atoms with E-state index < -0.39 is 0 Å². The second-order valence-corrected chi connectivity index (χ2v) is 8.61. The van der Waals surface area contributed by atoms with E-state index in [1.54, 1.807) is 6.20 Å². The van der Waals surface area contributed by atoms with Crippen molar-refractivity contribution in [2.24, 2.45) is 5.92 Å². The monoisotopic (exact) mass is 424 g/mol. The predicted molar refractivity (Wildman–Crippen MR) is 117 cm³/mol. The second kappa shape index (κ2) is 8.22. The number of amides is 1. The van der Waals surface area contributed by atoms with Crippen molar-refractivity contribution < 1.29 is 4.79 Å². The van der Waals surface area contributed by atoms with Crippen LogP contribution in [-0.2, 0) is 4.79 Å². The van der Waals surface area contributed by atoms with Gasteiger partial charge in [-0.1, -0.05) is 30.5 Å². The average Bonchev–Trinajstić information content (AvgIpc) is 3.28. The van der Waals surface area contributed by atoms with E-state index in [2.05, 4.69) is 15.7 Å². The first-order chi connectivity index (χ1) is 14.7. The van der Waals surface area contributed by atoms with Gasteiger partial charge in [-0.3, -0.25) is 4.79 Å². The number of carbonyl (C=O) groups is 1. The maximum atomic E-state index is 12.2. The third-order valence-corrected chi connectivity index (χ3v) is 6.12. The van der Waals surface area contributed by atoms with Crippen LogP contribution < -0.4 is 10.6 Å². The quantitative estimate of drug-likeness (QED) is 0.558. The Balaban J connectivity index is 1.35. The molecule has 2 aliphatic carbocycles. The number of anilines is 1. The largest absolute Gasteiger partial charge is 0.368 e. The summed E-state index contributed by atoms with van der Waals surface area (Å²) in [7, 11) is 0. The first kappa shape index (κ1) is 19.3. The molecule has 3 aromatic rings. The van der Waals surface area contributed by atoms with Gasteiger partial charge in [0.2, 0.25) is 5.91 Å². The number of aromatic nitrogens is 4. The molecule has 2 aliphatic rings. The van der Waals surface area contributed by atoms with E-state index in [4.69, 9.17) is 21.6 Å². The van der Waals surface area contributed by atoms with Gasteiger partial charge in [0.15, 0.2) is 5.65 Å². The summed E-state index contributed by atoms with van der Waals surface area (Å²) >= 11 is 6.17. The topological polar surface area (TPSA) is 84.7 Å². The molecule has 2 fully saturated rings. The third-order valence-electron chi connectivity index (χ3n) is 5.88. The van der Waals surface area contributed by atoms with Gasteiger partial charge < -0.3 is 10.6 Å². The Bertz CT molecular complexity index is 1070. The van der Waals surface area contributed by atoms with Crippen LogP contribution >= 0.6 is 11.6 Å². The first-order valence-corrected chi connectivity index (χ1v) is 11.1. The lowest BCUT2D eigenvalue weighted by molar-refractivity contribution is -0.124. The van der Waals surface area contributed by atoms with Crippen LogP contribution in [0.25, 0.3) is 16.7 Å². The number of nitrogens with zero attached hydrogens (tertiary/aromatic N) is 4. The van der Waals surface area contributed by atoms with Gasteiger partial charge in [0.25, 0.3) is 0 Å². The number of hydrogen-bond acceptors (Lipinski definition) is 5. The van der Waals surface area contributed by atoms with Gasteiger partial charge >= 0.3 is 0 Å². The minimum absolute atomic E-state index is 0.176. The number of benzene rings is 1. The molecule has 30 heavy (non-hydrogen) atoms. The highest BCUT2D eigenvalue weighted by Crippen LogP contribution is 2.39. The van der Waals surface area contributed by atoms with Crippen molar-refractivity contribution in [3.63, 3.8) is 0 Å². The summed E-state index contributed by atoms with van der Waals surface area (Å²) in [4.78, 5) is 21.8. The molecule has 7 nitrogen and oxygen atoms in total. The predicted octanol–water partition coefficient (Wildman–Crippen LogP) is 4.06. The molecule has 2 N–H and O–H groups in total. The van der Waals surface area contributed by atoms with Crippen LogP contribution in [0.3, 0.4) is 0 Å². The van der Waals surface area contributed by atoms with Crippen molar-refractivity contribution in [3.05, 3.63) is 41.3 Å². The summed E-state index contributed by atoms with van der Waals surface area (Å²) in [5.74, 6) is 2.40. The molecule has 0 saturated heterocycles. The third kappa shape index (κ3) is 3.99. The van der Waals surface area contributed by atoms with Crippen LogP contribution in [0.2, 0.25) is 5.02 Å². The summed E-state index contributed by atoms with van der Waals surface area (Å²) in [6.45, 7) is 1.18. The summed E-state index contributed by atoms with van der Waals surface area (Å²) in [6.07, 6.45) is 8.37. The number of carbonyl (C=O) groups excluding carboxylic acids is 1. The molecule has 0 atom stereocenters. The standard InChI is InChI=1S/C22H25ClN6O/c23-16-6-3-7-17(12-16)29-21-18(13-26-29)20(27-19(28-21)14-8-9-14)24-10-11-25-22(30)15-4-1-2-5-15/h3,6-7,12-15H,1-2,4-5,8-11H2,(H,25,30)(H,24,27,28). The van der Waals surface area contributed by atoms with Crippen LogP contribution in [0.15, 0.2) is 30.5 Å². The zero-order valence-corrected chi connectivity index (χ0v) is 17.5. The number of halogens is 1. The Morgan fingerprint density at radius 2 is 1.97 bits per heavy atom. The van der Waals surface area contributed by atoms with Crippen LogP contribution in [0, 0.1) is 5.92 Å². The van der Waals surface area contributed by atoms with Crippen LogP contribution in [-0.4, -0.2) is 38.7 Å². The molecule has 0 radical (unpaired) electrons. The highest BCUT2D eigenvalue weighted by atomic mass is 35.5. The Hall–Kier alpha value is -2.67. The molecular weight excluding hydrogens is 400 g/mol. The molecule has 0 aliphatic heterocycles. The van der Waals surface area contributed by atoms with Crippen molar-refractivity contribution in [2.45, 2.75) is 44.4 Å². The van der Waals surface area contributed by atoms with Gasteiger partial charge in [0.05, 0.1) is 17.3 Å². The van der Waals surface area contributed by atoms with Gasteiger partial charge in [-0.15, -0.1) is 0 Å². The Kier molecular flexibility index (Phi) is 5.29. The van der Waals surface area contributed by atoms with Crippen molar-refractivity contribution in [1.29, 1.82) is 0 Å². The second-order valence-electron chi connectivity index (χ2n) is 8.18. The van der Waals surface area contributed by atoms with Gasteiger partial charge in [0.1, 0.15) is 11.6 Å². The first-order valence-electron chi connectivity index (χ1n) is 10.7. The molecular formula is C22H25ClN6O. The summed E-state index contributed by atoms with van der Waals surface area (Å²) in [5, 5.41) is 12.5. The average molecular weight is 425 g/mol. The molecule has 1 aromatic carbocycles. The van der Waals surface area contributed by atoms with Gasteiger partial charge in [0, 0.05) is 29.9 Å². The molecule has 5 rings (SSSR count). The molecule has 0 bridgehead atoms. The van der Waals surface area contributed by atoms with E-state index >= 15 is 0 Å². The van der Waals surface area contributed by atoms with E-state index in [0.29, 0.717) is 24.0 Å². The SMILES string of the molecule is O=C(NCCNc1nc(C2CC2)nc2c1cnn2-c1cccc(Cl)c1)C1CCCC1. The van der Waals surface area contributed by atoms with E-state index in [-0.39, 0.29) is 11.8 Å². The van der Waals surface area contributed by atoms with Crippen molar-refractivity contribution in [1.82, 2.24) is 25.1 Å². The zero-order chi connectivity index (χ0) is 20.5. The van der Waals surface area contributed by atoms with Gasteiger partial charge in [-0.25, -0.2) is 14.6 Å². The smallest absolute Gasteiger partial charge is 0.223 e. The molecule has 156 valence electrons. The lowest BCUT2D eigenvalue weighted by Gasteiger charge is -2.12. The fourth-order valence-corrected chi connectivity index (χ4v) is 4.26. The Labute approximate surface area is 180 Å². The van der Waals surface area contributed by atoms with E-state index in [1.807, 2.05) is 28.9 Å². The minimum Gasteiger partial charge on any atom is -0.368 e. The minimum atomic E-state index is 0.176. The van der Waals surface area contributed by atoms with Crippen LogP contribution in [0.5, 0.6) is 0 Å². The molecule has 1 amide bonds. The van der Waals surface area contributed by atoms with Gasteiger partial charge in [-0.05, 0) is 43.9 Å². The Morgan fingerprint density at radius 1 is 1.13 bits per heavy atom. The summed E-state index contributed by atoms with van der Waals surface area (Å²) in [6, 6.07) is 7.58. The van der Waals surface area contributed by atoms with Crippen LogP contribution in [0.1, 0.15) is 50.3 Å². The fourth-order valence-electron chi connectivity index (χ4n) is 4.08. The number of nitrogens with one attached hydrogen (secondary N) is 2. The number of fused-ring (bicyclic) bond motifs is 1. The van der Waals surface area contributed by atoms with Crippen molar-refractivity contribution in [2.75, 3.05) is 18.4 Å². The molecule has 0 unspecified atom stereocenters. The van der Waals surface area contributed by atoms with E-state index in [0.717, 1.165) is 66.9 Å². The number of rotatable bonds is 7. The van der Waals surface area contributed by atoms with Crippen molar-refractivity contribution in [3.8, 4) is 5.69 Å². The lowest BCUT2D eigenvalue weighted by Crippen LogP contribution is -2.33. The highest BCUT2D eigenvalue weighted by Gasteiger charge is 2.28. The van der Waals surface area contributed by atoms with Crippen molar-refractivity contribution >= 4 is 34.4 Å². The molecule has 2 heterocycles. The molecule has 2 saturated carbocycles. The molecule has 8 heteroatoms. The van der Waals surface area contributed by atoms with Crippen LogP contribution in [0.4, 0.5) is 5.82 Å². The number of hydrogen-bond donors (Lipinski definition) is 2. The normalized spacial score (nSPS) is 16.8. The lowest BCUT2D eigenvalue weighted by atomic mass is 10.1. The maximum absolute atomic E-state index is 12.2. The summed E-state index contributed by atoms with van der Waals surface area (Å²) < 4.78 is 1.81. The Morgan fingerprint density at radius 3 is 2.73 bits per heavy atom. The highest BCUT2D eigenvalue weighted by molar-refractivity contribution is 6.30. The van der Waals surface area contributed by atoms with E-state index in [9.17, 15) is 4.79 Å².